The Labute approximate surface area is 201 Å². The van der Waals surface area contributed by atoms with Crippen molar-refractivity contribution < 1.29 is 0 Å². The fraction of sp³-hybridized carbons (Fsp3) is 0.323. The molecule has 0 aliphatic heterocycles. The van der Waals surface area contributed by atoms with Crippen molar-refractivity contribution in [3.05, 3.63) is 78.0 Å². The smallest absolute Gasteiger partial charge is 0.0880 e. The van der Waals surface area contributed by atoms with Crippen LogP contribution >= 0.6 is 11.3 Å². The third-order valence-electron chi connectivity index (χ3n) is 7.59. The Morgan fingerprint density at radius 2 is 1.55 bits per heavy atom. The van der Waals surface area contributed by atoms with Gasteiger partial charge in [0.15, 0.2) is 0 Å². The van der Waals surface area contributed by atoms with Gasteiger partial charge in [-0.1, -0.05) is 77.9 Å². The molecule has 0 aliphatic carbocycles. The molecule has 2 aromatic heterocycles. The van der Waals surface area contributed by atoms with Gasteiger partial charge in [0.1, 0.15) is 0 Å². The van der Waals surface area contributed by atoms with Crippen molar-refractivity contribution in [3.63, 3.8) is 0 Å². The number of aromatic nitrogens is 1. The van der Waals surface area contributed by atoms with Crippen LogP contribution in [0.1, 0.15) is 65.5 Å². The lowest BCUT2D eigenvalue weighted by atomic mass is 9.78. The minimum absolute atomic E-state index is 0.0589. The zero-order chi connectivity index (χ0) is 23.4. The zero-order valence-electron chi connectivity index (χ0n) is 20.6. The first-order valence-electron chi connectivity index (χ1n) is 12.1. The Hall–Kier alpha value is -2.71. The number of pyridine rings is 1. The van der Waals surface area contributed by atoms with Crippen molar-refractivity contribution in [1.82, 2.24) is 4.98 Å². The molecule has 0 unspecified atom stereocenters. The third-order valence-corrected chi connectivity index (χ3v) is 8.76. The highest BCUT2D eigenvalue weighted by Crippen LogP contribution is 2.43. The summed E-state index contributed by atoms with van der Waals surface area (Å²) in [7, 11) is 0. The summed E-state index contributed by atoms with van der Waals surface area (Å²) in [5, 5.41) is 5.27. The predicted molar refractivity (Wildman–Crippen MR) is 147 cm³/mol. The average Bonchev–Trinajstić information content (AvgIpc) is 3.20. The number of benzene rings is 3. The Balaban J connectivity index is 1.77. The van der Waals surface area contributed by atoms with E-state index < -0.39 is 0 Å². The number of nitrogens with zero attached hydrogens (tertiary/aromatic N) is 1. The largest absolute Gasteiger partial charge is 0.255 e. The molecule has 33 heavy (non-hydrogen) atoms. The summed E-state index contributed by atoms with van der Waals surface area (Å²) in [5.41, 5.74) is 5.42. The molecule has 0 aliphatic rings. The standard InChI is InChI=1S/C31H33NS/c1-7-31(6,8-2)22-13-14-24-25-15-16-32-28(29(25)33-27(24)19-22)21-17-20-11-9-10-12-23(20)26(18-21)30(3,4)5/h9-19H,7-8H2,1-6H3. The highest BCUT2D eigenvalue weighted by molar-refractivity contribution is 7.26. The average molecular weight is 452 g/mol. The van der Waals surface area contributed by atoms with Gasteiger partial charge < -0.3 is 0 Å². The molecule has 2 heterocycles. The summed E-state index contributed by atoms with van der Waals surface area (Å²) in [5.74, 6) is 0. The van der Waals surface area contributed by atoms with Crippen molar-refractivity contribution in [1.29, 1.82) is 0 Å². The van der Waals surface area contributed by atoms with Crippen molar-refractivity contribution in [3.8, 4) is 11.3 Å². The van der Waals surface area contributed by atoms with Crippen molar-refractivity contribution in [2.24, 2.45) is 0 Å². The molecule has 0 saturated heterocycles. The number of thiophene rings is 1. The molecular formula is C31H33NS. The monoisotopic (exact) mass is 451 g/mol. The molecule has 1 nitrogen and oxygen atoms in total. The van der Waals surface area contributed by atoms with Gasteiger partial charge in [0.25, 0.3) is 0 Å². The lowest BCUT2D eigenvalue weighted by Gasteiger charge is -2.27. The van der Waals surface area contributed by atoms with Crippen LogP contribution in [-0.4, -0.2) is 4.98 Å². The zero-order valence-corrected chi connectivity index (χ0v) is 21.4. The van der Waals surface area contributed by atoms with Crippen LogP contribution in [0.5, 0.6) is 0 Å². The van der Waals surface area contributed by atoms with Crippen molar-refractivity contribution in [2.45, 2.75) is 65.2 Å². The van der Waals surface area contributed by atoms with Gasteiger partial charge in [-0.25, -0.2) is 0 Å². The van der Waals surface area contributed by atoms with E-state index in [0.29, 0.717) is 0 Å². The number of hydrogen-bond acceptors (Lipinski definition) is 2. The Morgan fingerprint density at radius 3 is 2.27 bits per heavy atom. The maximum Gasteiger partial charge on any atom is 0.0880 e. The van der Waals surface area contributed by atoms with Crippen molar-refractivity contribution >= 4 is 42.3 Å². The fourth-order valence-corrected chi connectivity index (χ4v) is 6.26. The van der Waals surface area contributed by atoms with Crippen LogP contribution < -0.4 is 0 Å². The van der Waals surface area contributed by atoms with E-state index in [1.165, 1.54) is 47.6 Å². The number of fused-ring (bicyclic) bond motifs is 4. The molecule has 0 bridgehead atoms. The van der Waals surface area contributed by atoms with E-state index in [4.69, 9.17) is 4.98 Å². The van der Waals surface area contributed by atoms with Gasteiger partial charge in [0.05, 0.1) is 10.4 Å². The van der Waals surface area contributed by atoms with Crippen LogP contribution in [-0.2, 0) is 10.8 Å². The van der Waals surface area contributed by atoms with Crippen LogP contribution in [0, 0.1) is 0 Å². The van der Waals surface area contributed by atoms with E-state index in [1.54, 1.807) is 0 Å². The highest BCUT2D eigenvalue weighted by Gasteiger charge is 2.24. The second kappa shape index (κ2) is 7.95. The lowest BCUT2D eigenvalue weighted by Crippen LogP contribution is -2.19. The van der Waals surface area contributed by atoms with Crippen LogP contribution in [0.15, 0.2) is 66.9 Å². The molecule has 0 radical (unpaired) electrons. The SMILES string of the molecule is CCC(C)(CC)c1ccc2c(c1)sc1c(-c3cc(C(C)(C)C)c4ccccc4c3)nccc12. The summed E-state index contributed by atoms with van der Waals surface area (Å²) < 4.78 is 2.65. The Kier molecular flexibility index (Phi) is 5.33. The first kappa shape index (κ1) is 22.1. The lowest BCUT2D eigenvalue weighted by molar-refractivity contribution is 0.439. The summed E-state index contributed by atoms with van der Waals surface area (Å²) in [4.78, 5) is 4.92. The fourth-order valence-electron chi connectivity index (χ4n) is 5.01. The molecule has 0 N–H and O–H groups in total. The molecule has 3 aromatic carbocycles. The third kappa shape index (κ3) is 3.65. The second-order valence-corrected chi connectivity index (χ2v) is 11.7. The van der Waals surface area contributed by atoms with Crippen LogP contribution in [0.25, 0.3) is 42.2 Å². The van der Waals surface area contributed by atoms with Gasteiger partial charge in [-0.05, 0) is 69.8 Å². The van der Waals surface area contributed by atoms with E-state index in [0.717, 1.165) is 18.5 Å². The van der Waals surface area contributed by atoms with Crippen LogP contribution in [0.4, 0.5) is 0 Å². The molecule has 0 atom stereocenters. The van der Waals surface area contributed by atoms with Crippen LogP contribution in [0.3, 0.4) is 0 Å². The van der Waals surface area contributed by atoms with E-state index in [2.05, 4.69) is 102 Å². The van der Waals surface area contributed by atoms with Gasteiger partial charge >= 0.3 is 0 Å². The Morgan fingerprint density at radius 1 is 0.788 bits per heavy atom. The normalized spacial score (nSPS) is 12.8. The summed E-state index contributed by atoms with van der Waals surface area (Å²) in [6, 6.07) is 22.7. The number of hydrogen-bond donors (Lipinski definition) is 0. The van der Waals surface area contributed by atoms with E-state index in [9.17, 15) is 0 Å². The van der Waals surface area contributed by atoms with Gasteiger partial charge in [0, 0.05) is 27.2 Å². The van der Waals surface area contributed by atoms with E-state index in [1.807, 2.05) is 17.5 Å². The summed E-state index contributed by atoms with van der Waals surface area (Å²) >= 11 is 1.89. The van der Waals surface area contributed by atoms with Crippen molar-refractivity contribution in [2.75, 3.05) is 0 Å². The Bertz CT molecular complexity index is 1480. The molecule has 0 fully saturated rings. The predicted octanol–water partition coefficient (Wildman–Crippen LogP) is 9.64. The van der Waals surface area contributed by atoms with E-state index in [-0.39, 0.29) is 10.8 Å². The van der Waals surface area contributed by atoms with Crippen LogP contribution in [0.2, 0.25) is 0 Å². The first-order valence-corrected chi connectivity index (χ1v) is 12.9. The second-order valence-electron chi connectivity index (χ2n) is 10.6. The molecule has 0 amide bonds. The highest BCUT2D eigenvalue weighted by atomic mass is 32.1. The number of rotatable bonds is 4. The van der Waals surface area contributed by atoms with Gasteiger partial charge in [-0.15, -0.1) is 11.3 Å². The maximum absolute atomic E-state index is 4.92. The molecule has 168 valence electrons. The quantitative estimate of drug-likeness (QED) is 0.265. The van der Waals surface area contributed by atoms with Gasteiger partial charge in [0.2, 0.25) is 0 Å². The molecule has 2 heteroatoms. The first-order chi connectivity index (χ1) is 15.7. The molecule has 0 saturated carbocycles. The minimum Gasteiger partial charge on any atom is -0.255 e. The topological polar surface area (TPSA) is 12.9 Å². The van der Waals surface area contributed by atoms with E-state index >= 15 is 0 Å². The molecular weight excluding hydrogens is 418 g/mol. The van der Waals surface area contributed by atoms with Gasteiger partial charge in [-0.2, -0.15) is 0 Å². The minimum atomic E-state index is 0.0589. The maximum atomic E-state index is 4.92. The summed E-state index contributed by atoms with van der Waals surface area (Å²) in [6.07, 6.45) is 4.28. The summed E-state index contributed by atoms with van der Waals surface area (Å²) in [6.45, 7) is 13.9. The molecule has 0 spiro atoms. The molecule has 5 rings (SSSR count). The molecule has 5 aromatic rings. The van der Waals surface area contributed by atoms with Gasteiger partial charge in [-0.3, -0.25) is 4.98 Å².